The van der Waals surface area contributed by atoms with Crippen LogP contribution in [0.25, 0.3) is 0 Å². The predicted octanol–water partition coefficient (Wildman–Crippen LogP) is 2.68. The smallest absolute Gasteiger partial charge is 0.372 e. The molecule has 1 aromatic heterocycles. The number of nitrogens with zero attached hydrogens (tertiary/aromatic N) is 3. The highest BCUT2D eigenvalue weighted by atomic mass is 127. The zero-order valence-electron chi connectivity index (χ0n) is 15.0. The Bertz CT molecular complexity index is 546. The van der Waals surface area contributed by atoms with Crippen LogP contribution < -0.4 is 10.6 Å². The summed E-state index contributed by atoms with van der Waals surface area (Å²) in [5.74, 6) is 0.621. The molecule has 0 aliphatic rings. The van der Waals surface area contributed by atoms with Crippen molar-refractivity contribution in [3.63, 3.8) is 0 Å². The van der Waals surface area contributed by atoms with Gasteiger partial charge in [-0.05, 0) is 27.2 Å². The lowest BCUT2D eigenvalue weighted by molar-refractivity contribution is -0.173. The van der Waals surface area contributed by atoms with Gasteiger partial charge in [0.15, 0.2) is 5.96 Å². The molecule has 2 N–H and O–H groups in total. The number of hydrogen-bond donors (Lipinski definition) is 2. The molecule has 0 aromatic carbocycles. The molecule has 0 bridgehead atoms. The maximum atomic E-state index is 11.9. The van der Waals surface area contributed by atoms with Crippen molar-refractivity contribution in [1.29, 1.82) is 0 Å². The molecule has 0 spiro atoms. The topological polar surface area (TPSA) is 63.5 Å². The van der Waals surface area contributed by atoms with E-state index in [1.807, 2.05) is 32.5 Å². The highest BCUT2D eigenvalue weighted by Gasteiger charge is 2.27. The zero-order chi connectivity index (χ0) is 18.2. The summed E-state index contributed by atoms with van der Waals surface area (Å²) in [4.78, 5) is 4.50. The van der Waals surface area contributed by atoms with Crippen molar-refractivity contribution in [3.8, 4) is 0 Å². The van der Waals surface area contributed by atoms with E-state index in [0.29, 0.717) is 32.0 Å². The van der Waals surface area contributed by atoms with E-state index >= 15 is 0 Å². The molecule has 0 unspecified atom stereocenters. The van der Waals surface area contributed by atoms with Crippen molar-refractivity contribution in [1.82, 2.24) is 20.4 Å². The molecule has 10 heteroatoms. The van der Waals surface area contributed by atoms with E-state index in [0.717, 1.165) is 17.0 Å². The van der Waals surface area contributed by atoms with Crippen LogP contribution in [0, 0.1) is 13.8 Å². The highest BCUT2D eigenvalue weighted by Crippen LogP contribution is 2.14. The lowest BCUT2D eigenvalue weighted by Crippen LogP contribution is -2.38. The van der Waals surface area contributed by atoms with Crippen molar-refractivity contribution in [3.05, 3.63) is 17.0 Å². The first kappa shape index (κ1) is 24.0. The van der Waals surface area contributed by atoms with E-state index in [9.17, 15) is 13.2 Å². The summed E-state index contributed by atoms with van der Waals surface area (Å²) < 4.78 is 42.2. The largest absolute Gasteiger partial charge is 0.411 e. The van der Waals surface area contributed by atoms with Crippen LogP contribution in [0.4, 0.5) is 13.2 Å². The lowest BCUT2D eigenvalue weighted by atomic mass is 10.2. The van der Waals surface area contributed by atoms with E-state index in [1.165, 1.54) is 0 Å². The molecule has 146 valence electrons. The minimum absolute atomic E-state index is 0. The van der Waals surface area contributed by atoms with Crippen molar-refractivity contribution < 1.29 is 17.9 Å². The van der Waals surface area contributed by atoms with Gasteiger partial charge in [-0.2, -0.15) is 18.3 Å². The van der Waals surface area contributed by atoms with Gasteiger partial charge >= 0.3 is 6.18 Å². The fourth-order valence-corrected chi connectivity index (χ4v) is 2.12. The van der Waals surface area contributed by atoms with Gasteiger partial charge in [-0.1, -0.05) is 0 Å². The van der Waals surface area contributed by atoms with Crippen LogP contribution >= 0.6 is 24.0 Å². The van der Waals surface area contributed by atoms with Gasteiger partial charge < -0.3 is 15.4 Å². The molecule has 0 saturated carbocycles. The summed E-state index contributed by atoms with van der Waals surface area (Å²) in [5.41, 5.74) is 3.08. The number of guanidine groups is 1. The average molecular weight is 477 g/mol. The second kappa shape index (κ2) is 11.6. The monoisotopic (exact) mass is 477 g/mol. The minimum atomic E-state index is -4.27. The van der Waals surface area contributed by atoms with Gasteiger partial charge in [0.1, 0.15) is 6.61 Å². The Balaban J connectivity index is 0.00000576. The van der Waals surface area contributed by atoms with Gasteiger partial charge in [-0.3, -0.25) is 4.68 Å². The molecule has 0 aliphatic heterocycles. The second-order valence-electron chi connectivity index (χ2n) is 5.42. The Morgan fingerprint density at radius 1 is 1.28 bits per heavy atom. The highest BCUT2D eigenvalue weighted by molar-refractivity contribution is 14.0. The van der Waals surface area contributed by atoms with Crippen LogP contribution in [0.2, 0.25) is 0 Å². The van der Waals surface area contributed by atoms with E-state index in [-0.39, 0.29) is 30.6 Å². The third-order valence-electron chi connectivity index (χ3n) is 3.42. The first-order valence-corrected chi connectivity index (χ1v) is 7.90. The standard InChI is InChI=1S/C15H26F3N5O.HI/c1-5-19-14(20-7-6-8-24-10-15(16,17)18)21-9-13-11(2)22-23(4)12(13)3;/h5-10H2,1-4H3,(H2,19,20,21);1H. The maximum Gasteiger partial charge on any atom is 0.411 e. The van der Waals surface area contributed by atoms with Crippen LogP contribution in [0.15, 0.2) is 4.99 Å². The Kier molecular flexibility index (Phi) is 11.1. The number of aromatic nitrogens is 2. The molecule has 1 aromatic rings. The van der Waals surface area contributed by atoms with Crippen LogP contribution in [0.5, 0.6) is 0 Å². The molecule has 0 fully saturated rings. The third kappa shape index (κ3) is 9.28. The number of hydrogen-bond acceptors (Lipinski definition) is 3. The van der Waals surface area contributed by atoms with E-state index in [1.54, 1.807) is 0 Å². The molecule has 6 nitrogen and oxygen atoms in total. The van der Waals surface area contributed by atoms with Crippen molar-refractivity contribution in [2.24, 2.45) is 12.0 Å². The second-order valence-corrected chi connectivity index (χ2v) is 5.42. The summed E-state index contributed by atoms with van der Waals surface area (Å²) in [6.45, 7) is 6.39. The number of ether oxygens (including phenoxy) is 1. The molecule has 0 saturated heterocycles. The molecule has 1 rings (SSSR count). The van der Waals surface area contributed by atoms with Crippen molar-refractivity contribution >= 4 is 29.9 Å². The first-order valence-electron chi connectivity index (χ1n) is 7.90. The fourth-order valence-electron chi connectivity index (χ4n) is 2.12. The molecule has 25 heavy (non-hydrogen) atoms. The van der Waals surface area contributed by atoms with Gasteiger partial charge in [0, 0.05) is 38.0 Å². The van der Waals surface area contributed by atoms with Crippen LogP contribution in [-0.2, 0) is 18.3 Å². The first-order chi connectivity index (χ1) is 11.2. The number of alkyl halides is 3. The Morgan fingerprint density at radius 2 is 1.96 bits per heavy atom. The number of aliphatic imine (C=N–C) groups is 1. The summed E-state index contributed by atoms with van der Waals surface area (Å²) in [6.07, 6.45) is -3.81. The van der Waals surface area contributed by atoms with Crippen LogP contribution in [-0.4, -0.2) is 48.2 Å². The summed E-state index contributed by atoms with van der Waals surface area (Å²) in [6, 6.07) is 0. The Morgan fingerprint density at radius 3 is 2.48 bits per heavy atom. The number of halogens is 4. The Hall–Kier alpha value is -1.04. The number of nitrogens with one attached hydrogen (secondary N) is 2. The molecule has 0 radical (unpaired) electrons. The molecular weight excluding hydrogens is 450 g/mol. The SMILES string of the molecule is CCNC(=NCc1c(C)nn(C)c1C)NCCCOCC(F)(F)F.I. The van der Waals surface area contributed by atoms with Crippen LogP contribution in [0.3, 0.4) is 0 Å². The Labute approximate surface area is 163 Å². The molecule has 0 amide bonds. The summed E-state index contributed by atoms with van der Waals surface area (Å²) in [7, 11) is 1.89. The molecule has 1 heterocycles. The van der Waals surface area contributed by atoms with Gasteiger partial charge in [0.2, 0.25) is 0 Å². The van der Waals surface area contributed by atoms with E-state index in [2.05, 4.69) is 25.5 Å². The van der Waals surface area contributed by atoms with Gasteiger partial charge in [0.25, 0.3) is 0 Å². The molecule has 0 atom stereocenters. The third-order valence-corrected chi connectivity index (χ3v) is 3.42. The minimum Gasteiger partial charge on any atom is -0.372 e. The normalized spacial score (nSPS) is 12.0. The van der Waals surface area contributed by atoms with Gasteiger partial charge in [-0.25, -0.2) is 4.99 Å². The van der Waals surface area contributed by atoms with Crippen molar-refractivity contribution in [2.75, 3.05) is 26.3 Å². The van der Waals surface area contributed by atoms with E-state index in [4.69, 9.17) is 0 Å². The van der Waals surface area contributed by atoms with Gasteiger partial charge in [-0.15, -0.1) is 24.0 Å². The lowest BCUT2D eigenvalue weighted by Gasteiger charge is -2.12. The zero-order valence-corrected chi connectivity index (χ0v) is 17.4. The quantitative estimate of drug-likeness (QED) is 0.262. The summed E-state index contributed by atoms with van der Waals surface area (Å²) in [5, 5.41) is 10.5. The average Bonchev–Trinajstić information content (AvgIpc) is 2.72. The summed E-state index contributed by atoms with van der Waals surface area (Å²) >= 11 is 0. The fraction of sp³-hybridized carbons (Fsp3) is 0.733. The van der Waals surface area contributed by atoms with Gasteiger partial charge in [0.05, 0.1) is 12.2 Å². The van der Waals surface area contributed by atoms with Crippen LogP contribution in [0.1, 0.15) is 30.3 Å². The van der Waals surface area contributed by atoms with Crippen molar-refractivity contribution in [2.45, 2.75) is 39.9 Å². The molecule has 0 aliphatic carbocycles. The number of aryl methyl sites for hydroxylation is 2. The van der Waals surface area contributed by atoms with E-state index < -0.39 is 12.8 Å². The maximum absolute atomic E-state index is 11.9. The molecular formula is C15H27F3IN5O. The number of rotatable bonds is 8. The predicted molar refractivity (Wildman–Crippen MR) is 102 cm³/mol.